The minimum absolute atomic E-state index is 0.0172. The molecule has 3 aliphatic rings. The van der Waals surface area contributed by atoms with Gasteiger partial charge < -0.3 is 86.2 Å². The fourth-order valence-electron chi connectivity index (χ4n) is 13.7. The van der Waals surface area contributed by atoms with Crippen molar-refractivity contribution < 1.29 is 111 Å². The number of unbranched alkanes of at least 4 members (excludes halogenated alkanes) is 1. The molecule has 0 aliphatic carbocycles. The smallest absolute Gasteiger partial charge is 0.306 e. The Morgan fingerprint density at radius 2 is 1.16 bits per heavy atom. The fraction of sp³-hybridized carbons (Fsp3) is 0.730. The number of nitrogens with two attached hydrogens (primary N) is 1. The van der Waals surface area contributed by atoms with Gasteiger partial charge in [-0.15, -0.1) is 0 Å². The van der Waals surface area contributed by atoms with Gasteiger partial charge in [0.15, 0.2) is 41.5 Å². The highest BCUT2D eigenvalue weighted by Gasteiger charge is 2.51. The summed E-state index contributed by atoms with van der Waals surface area (Å²) in [7, 11) is -0.220. The van der Waals surface area contributed by atoms with Crippen LogP contribution in [0.3, 0.4) is 0 Å². The van der Waals surface area contributed by atoms with Gasteiger partial charge in [-0.25, -0.2) is 13.1 Å². The number of hydrogen-bond acceptors (Lipinski definition) is 24. The Morgan fingerprint density at radius 1 is 0.629 bits per heavy atom. The van der Waals surface area contributed by atoms with Crippen LogP contribution in [0, 0.1) is 59.2 Å². The molecule has 5 rings (SSSR count). The molecular weight excluding hydrogens is 1390 g/mol. The first-order chi connectivity index (χ1) is 49.1. The second-order valence-electron chi connectivity index (χ2n) is 30.4. The van der Waals surface area contributed by atoms with Crippen molar-refractivity contribution in [3.63, 3.8) is 0 Å². The summed E-state index contributed by atoms with van der Waals surface area (Å²) >= 11 is 0. The van der Waals surface area contributed by atoms with E-state index in [1.165, 1.54) is 45.6 Å². The number of carbonyl (C=O) groups is 10. The number of rotatable bonds is 42. The Labute approximate surface area is 616 Å². The fourth-order valence-corrected chi connectivity index (χ4v) is 15.0. The minimum atomic E-state index is -3.94. The molecule has 592 valence electrons. The highest BCUT2D eigenvalue weighted by molar-refractivity contribution is 7.89. The molecule has 3 saturated heterocycles. The van der Waals surface area contributed by atoms with Gasteiger partial charge in [-0.3, -0.25) is 47.9 Å². The Kier molecular flexibility index (Phi) is 34.2. The third-order valence-corrected chi connectivity index (χ3v) is 22.3. The predicted octanol–water partition coefficient (Wildman–Crippen LogP) is 2.08. The molecule has 21 atom stereocenters. The molecule has 0 saturated carbocycles. The van der Waals surface area contributed by atoms with E-state index in [0.29, 0.717) is 11.8 Å². The number of ether oxygens (including phenoxy) is 4. The summed E-state index contributed by atoms with van der Waals surface area (Å²) in [5.74, 6) is -13.9. The Hall–Kier alpha value is -6.33. The van der Waals surface area contributed by atoms with Crippen LogP contribution in [0.5, 0.6) is 0 Å². The van der Waals surface area contributed by atoms with Crippen LogP contribution >= 0.6 is 0 Å². The summed E-state index contributed by atoms with van der Waals surface area (Å²) in [5.41, 5.74) is 7.33. The number of nitrogens with one attached hydrogen (secondary N) is 4. The zero-order valence-corrected chi connectivity index (χ0v) is 64.2. The van der Waals surface area contributed by atoms with Crippen molar-refractivity contribution >= 4 is 85.0 Å². The van der Waals surface area contributed by atoms with Crippen molar-refractivity contribution in [1.82, 2.24) is 25.6 Å². The van der Waals surface area contributed by atoms with Crippen LogP contribution in [-0.4, -0.2) is 240 Å². The maximum absolute atomic E-state index is 14.4. The standard InChI is InChI=1S/C74H117N7O23S/c1-36(2)48(70(95)79-62(39(7)8)57(88)32-49(37(3)4)69(94)78-42(11)53(84)30-45(72(97)98)21-16-17-27-76-105(99,100)60-26-19-22-46-47(60)23-18-24-51(46)80(14)15)31-54(85)43(12)77-68(93)40(9)29-55(86)52-25-20-28-81(52)71(96)50(38(5)6)33-56(87)61(75)44(13)101-73-41(10)67(64(90)59(35-83)102-73)104-74-66(92)65(91)63(89)58(34-82)103-74/h18-19,22-24,26,36-45,48-50,52,58-59,61-67,73-74,76,82-83,89-92H,16-17,20-21,25,27-35,75H2,1-15H3,(H,77,93)(H,78,94)(H,79,95)(H,97,98)/t40?,41?,42-,43-,44?,45?,48?,49?,50?,52-,58?,59?,61-,62-,63-,64-,65-,66?,67+,73-,74-/m0/s1. The first-order valence-electron chi connectivity index (χ1n) is 36.7. The topological polar surface area (TPSA) is 464 Å². The largest absolute Gasteiger partial charge is 0.481 e. The van der Waals surface area contributed by atoms with E-state index in [2.05, 4.69) is 20.7 Å². The molecule has 105 heavy (non-hydrogen) atoms. The van der Waals surface area contributed by atoms with E-state index in [9.17, 15) is 92.1 Å². The SMILES string of the molecule is CC(CC(=O)[C@@H]1CCCN1C(=O)C(CC(=O)[C@@H](N)C(C)O[C@H]1OC(CO)[C@H](O)[C@H](O[C@@H]2OC(CO)[C@H](O)[C@H](O)C2O)C1C)C(C)C)C(=O)N[C@@H](C)C(=O)CC(C(=O)N[C@H](C(=O)CC(C(=O)N[C@@H](C)C(=O)CC(CCCCNS(=O)(=O)c1cccc2c(N(C)C)cccc12)C(=O)O)C(C)C)C(C)C)C(C)C. The van der Waals surface area contributed by atoms with Gasteiger partial charge in [0.25, 0.3) is 0 Å². The molecule has 4 amide bonds. The molecule has 10 unspecified atom stereocenters. The van der Waals surface area contributed by atoms with E-state index in [1.54, 1.807) is 73.6 Å². The van der Waals surface area contributed by atoms with E-state index < -0.39 is 239 Å². The first kappa shape index (κ1) is 89.3. The lowest BCUT2D eigenvalue weighted by Crippen LogP contribution is -2.63. The van der Waals surface area contributed by atoms with Crippen molar-refractivity contribution in [2.45, 2.75) is 251 Å². The van der Waals surface area contributed by atoms with Crippen LogP contribution in [0.2, 0.25) is 0 Å². The number of fused-ring (bicyclic) bond motifs is 1. The number of hydrogen-bond donors (Lipinski definition) is 12. The monoisotopic (exact) mass is 1500 g/mol. The number of anilines is 1. The van der Waals surface area contributed by atoms with E-state index in [0.717, 1.165) is 11.1 Å². The molecule has 3 fully saturated rings. The Balaban J connectivity index is 1.10. The lowest BCUT2D eigenvalue weighted by molar-refractivity contribution is -0.354. The molecule has 2 aromatic carbocycles. The van der Waals surface area contributed by atoms with Gasteiger partial charge in [0, 0.05) is 105 Å². The van der Waals surface area contributed by atoms with E-state index >= 15 is 0 Å². The summed E-state index contributed by atoms with van der Waals surface area (Å²) in [5, 5.41) is 81.6. The van der Waals surface area contributed by atoms with Gasteiger partial charge in [0.1, 0.15) is 36.6 Å². The molecular formula is C74H117N7O23S. The van der Waals surface area contributed by atoms with E-state index in [4.69, 9.17) is 24.7 Å². The third-order valence-electron chi connectivity index (χ3n) is 20.7. The number of nitrogens with zero attached hydrogens (tertiary/aromatic N) is 2. The molecule has 13 N–H and O–H groups in total. The summed E-state index contributed by atoms with van der Waals surface area (Å²) in [6, 6.07) is 4.76. The second-order valence-corrected chi connectivity index (χ2v) is 32.1. The average Bonchev–Trinajstić information content (AvgIpc) is 1.56. The molecule has 3 heterocycles. The summed E-state index contributed by atoms with van der Waals surface area (Å²) in [6.07, 6.45) is -15.2. The van der Waals surface area contributed by atoms with Gasteiger partial charge >= 0.3 is 5.97 Å². The number of amides is 4. The summed E-state index contributed by atoms with van der Waals surface area (Å²) in [6.45, 7) is 19.9. The van der Waals surface area contributed by atoms with Gasteiger partial charge in [-0.05, 0) is 82.3 Å². The van der Waals surface area contributed by atoms with Crippen LogP contribution in [0.4, 0.5) is 5.69 Å². The van der Waals surface area contributed by atoms with Crippen LogP contribution < -0.4 is 31.3 Å². The number of ketones is 5. The Morgan fingerprint density at radius 3 is 1.73 bits per heavy atom. The van der Waals surface area contributed by atoms with Crippen LogP contribution in [-0.2, 0) is 76.9 Å². The number of sulfonamides is 1. The first-order valence-corrected chi connectivity index (χ1v) is 38.2. The number of Topliss-reactive ketones (excluding diaryl/α,β-unsaturated/α-hetero) is 5. The number of carbonyl (C=O) groups excluding carboxylic acids is 9. The number of aliphatic hydroxyl groups is 6. The number of carboxylic acids is 1. The molecule has 0 bridgehead atoms. The van der Waals surface area contributed by atoms with Crippen molar-refractivity contribution in [3.05, 3.63) is 36.4 Å². The molecule has 2 aromatic rings. The number of likely N-dealkylation sites (tertiary alicyclic amines) is 1. The second kappa shape index (κ2) is 40.2. The molecule has 31 heteroatoms. The zero-order chi connectivity index (χ0) is 79.0. The third kappa shape index (κ3) is 23.6. The van der Waals surface area contributed by atoms with Gasteiger partial charge in [-0.2, -0.15) is 0 Å². The lowest BCUT2D eigenvalue weighted by atomic mass is 9.84. The number of benzene rings is 2. The molecule has 3 aliphatic heterocycles. The van der Waals surface area contributed by atoms with Crippen molar-refractivity contribution in [1.29, 1.82) is 0 Å². The van der Waals surface area contributed by atoms with E-state index in [1.807, 2.05) is 31.1 Å². The average molecular weight is 1500 g/mol. The lowest BCUT2D eigenvalue weighted by Gasteiger charge is -2.47. The molecule has 0 aromatic heterocycles. The molecule has 30 nitrogen and oxygen atoms in total. The quantitative estimate of drug-likeness (QED) is 0.0423. The highest BCUT2D eigenvalue weighted by Crippen LogP contribution is 2.36. The summed E-state index contributed by atoms with van der Waals surface area (Å²) < 4.78 is 52.8. The predicted molar refractivity (Wildman–Crippen MR) is 386 cm³/mol. The maximum Gasteiger partial charge on any atom is 0.306 e. The molecule has 0 radical (unpaired) electrons. The van der Waals surface area contributed by atoms with Gasteiger partial charge in [0.05, 0.1) is 66.4 Å². The Bertz CT molecular complexity index is 3430. The van der Waals surface area contributed by atoms with Crippen molar-refractivity contribution in [2.24, 2.45) is 64.9 Å². The summed E-state index contributed by atoms with van der Waals surface area (Å²) in [4.78, 5) is 141. The van der Waals surface area contributed by atoms with Gasteiger partial charge in [0.2, 0.25) is 33.7 Å². The zero-order valence-electron chi connectivity index (χ0n) is 63.3. The van der Waals surface area contributed by atoms with Crippen LogP contribution in [0.25, 0.3) is 10.8 Å². The van der Waals surface area contributed by atoms with Crippen LogP contribution in [0.1, 0.15) is 154 Å². The highest BCUT2D eigenvalue weighted by atomic mass is 32.2. The van der Waals surface area contributed by atoms with Crippen molar-refractivity contribution in [3.8, 4) is 0 Å². The number of aliphatic hydroxyl groups excluding tert-OH is 6. The number of carboxylic acid groups (broad SMARTS) is 1. The normalized spacial score (nSPS) is 25.2. The van der Waals surface area contributed by atoms with E-state index in [-0.39, 0.29) is 69.4 Å². The molecule has 0 spiro atoms. The number of aliphatic carboxylic acids is 1. The maximum atomic E-state index is 14.4. The van der Waals surface area contributed by atoms with Gasteiger partial charge in [-0.1, -0.05) is 99.9 Å². The van der Waals surface area contributed by atoms with Crippen LogP contribution in [0.15, 0.2) is 41.3 Å². The van der Waals surface area contributed by atoms with Crippen molar-refractivity contribution in [2.75, 3.05) is 45.3 Å². The minimum Gasteiger partial charge on any atom is -0.481 e.